The summed E-state index contributed by atoms with van der Waals surface area (Å²) in [6, 6.07) is 0.272. The van der Waals surface area contributed by atoms with Crippen LogP contribution in [0.3, 0.4) is 0 Å². The lowest BCUT2D eigenvalue weighted by molar-refractivity contribution is 0.126. The average molecular weight is 262 g/mol. The van der Waals surface area contributed by atoms with Crippen LogP contribution in [0.4, 0.5) is 0 Å². The predicted octanol–water partition coefficient (Wildman–Crippen LogP) is 0.164. The van der Waals surface area contributed by atoms with Crippen molar-refractivity contribution in [1.29, 1.82) is 0 Å². The molecule has 0 spiro atoms. The van der Waals surface area contributed by atoms with Crippen molar-refractivity contribution in [2.24, 2.45) is 11.7 Å². The number of ether oxygens (including phenoxy) is 1. The fourth-order valence-electron chi connectivity index (χ4n) is 2.55. The van der Waals surface area contributed by atoms with Crippen molar-refractivity contribution in [2.75, 3.05) is 26.0 Å². The summed E-state index contributed by atoms with van der Waals surface area (Å²) in [7, 11) is -1.50. The molecule has 0 aromatic carbocycles. The Bertz CT molecular complexity index is 346. The van der Waals surface area contributed by atoms with Gasteiger partial charge in [-0.3, -0.25) is 0 Å². The van der Waals surface area contributed by atoms with Crippen LogP contribution in [-0.4, -0.2) is 50.8 Å². The third-order valence-electron chi connectivity index (χ3n) is 3.68. The Morgan fingerprint density at radius 2 is 2.12 bits per heavy atom. The minimum Gasteiger partial charge on any atom is -0.377 e. The van der Waals surface area contributed by atoms with E-state index in [2.05, 4.69) is 0 Å². The van der Waals surface area contributed by atoms with Crippen molar-refractivity contribution in [3.05, 3.63) is 0 Å². The Labute approximate surface area is 103 Å². The van der Waals surface area contributed by atoms with E-state index in [9.17, 15) is 8.42 Å². The van der Waals surface area contributed by atoms with Crippen LogP contribution < -0.4 is 5.73 Å². The molecule has 2 rings (SSSR count). The molecule has 1 aliphatic carbocycles. The Balaban J connectivity index is 1.81. The second kappa shape index (κ2) is 5.22. The van der Waals surface area contributed by atoms with Crippen LogP contribution in [0, 0.1) is 5.92 Å². The van der Waals surface area contributed by atoms with E-state index in [1.807, 2.05) is 0 Å². The van der Waals surface area contributed by atoms with E-state index in [1.54, 1.807) is 7.05 Å². The van der Waals surface area contributed by atoms with Crippen molar-refractivity contribution in [1.82, 2.24) is 4.31 Å². The first-order valence-corrected chi connectivity index (χ1v) is 7.89. The van der Waals surface area contributed by atoms with Crippen molar-refractivity contribution in [3.63, 3.8) is 0 Å². The molecule has 0 bridgehead atoms. The van der Waals surface area contributed by atoms with Gasteiger partial charge in [-0.2, -0.15) is 0 Å². The molecule has 2 aliphatic rings. The number of rotatable bonds is 5. The van der Waals surface area contributed by atoms with Crippen molar-refractivity contribution in [2.45, 2.75) is 37.8 Å². The van der Waals surface area contributed by atoms with Crippen LogP contribution >= 0.6 is 0 Å². The molecule has 1 saturated carbocycles. The quantitative estimate of drug-likeness (QED) is 0.766. The third kappa shape index (κ3) is 3.40. The molecule has 1 saturated heterocycles. The van der Waals surface area contributed by atoms with E-state index in [0.29, 0.717) is 19.1 Å². The topological polar surface area (TPSA) is 72.6 Å². The van der Waals surface area contributed by atoms with Crippen molar-refractivity contribution < 1.29 is 13.2 Å². The third-order valence-corrected chi connectivity index (χ3v) is 5.57. The summed E-state index contributed by atoms with van der Waals surface area (Å²) in [5.74, 6) is 0.566. The highest BCUT2D eigenvalue weighted by Crippen LogP contribution is 2.27. The lowest BCUT2D eigenvalue weighted by Gasteiger charge is -2.35. The van der Waals surface area contributed by atoms with E-state index < -0.39 is 10.0 Å². The fourth-order valence-corrected chi connectivity index (χ4v) is 3.98. The van der Waals surface area contributed by atoms with Gasteiger partial charge < -0.3 is 10.5 Å². The Morgan fingerprint density at radius 1 is 1.41 bits per heavy atom. The molecule has 0 radical (unpaired) electrons. The van der Waals surface area contributed by atoms with Gasteiger partial charge in [0.15, 0.2) is 0 Å². The van der Waals surface area contributed by atoms with Gasteiger partial charge in [-0.1, -0.05) is 0 Å². The Morgan fingerprint density at radius 3 is 2.65 bits per heavy atom. The monoisotopic (exact) mass is 262 g/mol. The van der Waals surface area contributed by atoms with E-state index in [1.165, 1.54) is 4.31 Å². The van der Waals surface area contributed by atoms with Crippen LogP contribution in [0.2, 0.25) is 0 Å². The van der Waals surface area contributed by atoms with Gasteiger partial charge in [-0.15, -0.1) is 0 Å². The molecule has 2 N–H and O–H groups in total. The van der Waals surface area contributed by atoms with E-state index in [-0.39, 0.29) is 17.9 Å². The highest BCUT2D eigenvalue weighted by molar-refractivity contribution is 7.89. The molecule has 0 aromatic rings. The van der Waals surface area contributed by atoms with E-state index >= 15 is 0 Å². The molecule has 0 amide bonds. The summed E-state index contributed by atoms with van der Waals surface area (Å²) >= 11 is 0. The number of hydrogen-bond acceptors (Lipinski definition) is 4. The molecule has 6 heteroatoms. The average Bonchev–Trinajstić information content (AvgIpc) is 2.67. The highest BCUT2D eigenvalue weighted by Gasteiger charge is 2.32. The first-order valence-electron chi connectivity index (χ1n) is 6.28. The second-order valence-corrected chi connectivity index (χ2v) is 7.41. The van der Waals surface area contributed by atoms with Gasteiger partial charge in [0.2, 0.25) is 10.0 Å². The SMILES string of the molecule is CN(CC1CC(N)C1)S(=O)(=O)CC1CCCO1. The lowest BCUT2D eigenvalue weighted by Crippen LogP contribution is -2.44. The molecule has 0 aromatic heterocycles. The van der Waals surface area contributed by atoms with Gasteiger partial charge in [-0.25, -0.2) is 12.7 Å². The van der Waals surface area contributed by atoms with Gasteiger partial charge in [0.25, 0.3) is 0 Å². The summed E-state index contributed by atoms with van der Waals surface area (Å²) < 4.78 is 31.0. The molecular formula is C11H22N2O3S. The Hall–Kier alpha value is -0.170. The van der Waals surface area contributed by atoms with E-state index in [0.717, 1.165) is 25.7 Å². The summed E-state index contributed by atoms with van der Waals surface area (Å²) in [6.45, 7) is 1.30. The number of nitrogens with two attached hydrogens (primary N) is 1. The number of nitrogens with zero attached hydrogens (tertiary/aromatic N) is 1. The summed E-state index contributed by atoms with van der Waals surface area (Å²) in [4.78, 5) is 0. The lowest BCUT2D eigenvalue weighted by atomic mass is 9.81. The molecular weight excluding hydrogens is 240 g/mol. The summed E-state index contributed by atoms with van der Waals surface area (Å²) in [5, 5.41) is 0. The molecule has 17 heavy (non-hydrogen) atoms. The van der Waals surface area contributed by atoms with Gasteiger partial charge in [0, 0.05) is 26.2 Å². The number of hydrogen-bond donors (Lipinski definition) is 1. The first kappa shape index (κ1) is 13.3. The summed E-state index contributed by atoms with van der Waals surface area (Å²) in [6.07, 6.45) is 3.62. The van der Waals surface area contributed by atoms with Crippen LogP contribution in [0.25, 0.3) is 0 Å². The second-order valence-electron chi connectivity index (χ2n) is 5.29. The van der Waals surface area contributed by atoms with Crippen molar-refractivity contribution >= 4 is 10.0 Å². The first-order chi connectivity index (χ1) is 7.97. The largest absolute Gasteiger partial charge is 0.377 e. The highest BCUT2D eigenvalue weighted by atomic mass is 32.2. The maximum atomic E-state index is 12.1. The maximum absolute atomic E-state index is 12.1. The minimum atomic E-state index is -3.16. The number of sulfonamides is 1. The minimum absolute atomic E-state index is 0.105. The Kier molecular flexibility index (Phi) is 4.07. The van der Waals surface area contributed by atoms with Crippen LogP contribution in [0.5, 0.6) is 0 Å². The molecule has 2 fully saturated rings. The smallest absolute Gasteiger partial charge is 0.216 e. The molecule has 5 nitrogen and oxygen atoms in total. The zero-order valence-electron chi connectivity index (χ0n) is 10.3. The summed E-state index contributed by atoms with van der Waals surface area (Å²) in [5.41, 5.74) is 5.70. The molecule has 1 aliphatic heterocycles. The van der Waals surface area contributed by atoms with Gasteiger partial charge >= 0.3 is 0 Å². The zero-order valence-corrected chi connectivity index (χ0v) is 11.2. The standard InChI is InChI=1S/C11H22N2O3S/c1-13(7-9-5-10(12)6-9)17(14,15)8-11-3-2-4-16-11/h9-11H,2-8,12H2,1H3. The van der Waals surface area contributed by atoms with E-state index in [4.69, 9.17) is 10.5 Å². The van der Waals surface area contributed by atoms with Crippen molar-refractivity contribution in [3.8, 4) is 0 Å². The normalized spacial score (nSPS) is 33.9. The maximum Gasteiger partial charge on any atom is 0.216 e. The van der Waals surface area contributed by atoms with Crippen LogP contribution in [0.15, 0.2) is 0 Å². The zero-order chi connectivity index (χ0) is 12.5. The predicted molar refractivity (Wildman–Crippen MR) is 66.1 cm³/mol. The van der Waals surface area contributed by atoms with Gasteiger partial charge in [0.1, 0.15) is 0 Å². The molecule has 1 unspecified atom stereocenters. The van der Waals surface area contributed by atoms with Crippen LogP contribution in [0.1, 0.15) is 25.7 Å². The van der Waals surface area contributed by atoms with Crippen LogP contribution in [-0.2, 0) is 14.8 Å². The molecule has 1 atom stereocenters. The molecule has 100 valence electrons. The van der Waals surface area contributed by atoms with Gasteiger partial charge in [-0.05, 0) is 31.6 Å². The molecule has 1 heterocycles. The fraction of sp³-hybridized carbons (Fsp3) is 1.00. The van der Waals surface area contributed by atoms with Gasteiger partial charge in [0.05, 0.1) is 11.9 Å².